The molecule has 0 aromatic rings. The van der Waals surface area contributed by atoms with Crippen molar-refractivity contribution in [1.29, 1.82) is 0 Å². The molecule has 0 heterocycles. The zero-order valence-electron chi connectivity index (χ0n) is 13.2. The van der Waals surface area contributed by atoms with E-state index in [2.05, 4.69) is 34.6 Å². The van der Waals surface area contributed by atoms with Crippen molar-refractivity contribution < 1.29 is 4.74 Å². The van der Waals surface area contributed by atoms with Crippen LogP contribution in [0.3, 0.4) is 0 Å². The lowest BCUT2D eigenvalue weighted by atomic mass is 9.64. The summed E-state index contributed by atoms with van der Waals surface area (Å²) in [6.45, 7) is 13.5. The van der Waals surface area contributed by atoms with Crippen LogP contribution < -0.4 is 0 Å². The predicted molar refractivity (Wildman–Crippen MR) is 79.7 cm³/mol. The lowest BCUT2D eigenvalue weighted by Crippen LogP contribution is -2.37. The van der Waals surface area contributed by atoms with Crippen LogP contribution in [0.2, 0.25) is 0 Å². The lowest BCUT2D eigenvalue weighted by molar-refractivity contribution is 0.00427. The van der Waals surface area contributed by atoms with Crippen molar-refractivity contribution in [2.24, 2.45) is 29.6 Å². The topological polar surface area (TPSA) is 9.23 Å². The molecule has 0 radical (unpaired) electrons. The summed E-state index contributed by atoms with van der Waals surface area (Å²) >= 11 is 0. The first-order chi connectivity index (χ1) is 8.56. The van der Waals surface area contributed by atoms with Crippen molar-refractivity contribution in [3.05, 3.63) is 0 Å². The van der Waals surface area contributed by atoms with Gasteiger partial charge in [0.1, 0.15) is 0 Å². The molecule has 1 heteroatoms. The van der Waals surface area contributed by atoms with Crippen LogP contribution in [0.5, 0.6) is 0 Å². The second-order valence-corrected chi connectivity index (χ2v) is 6.84. The summed E-state index contributed by atoms with van der Waals surface area (Å²) < 4.78 is 5.75. The fourth-order valence-corrected chi connectivity index (χ4v) is 3.35. The van der Waals surface area contributed by atoms with E-state index in [-0.39, 0.29) is 0 Å². The van der Waals surface area contributed by atoms with Crippen molar-refractivity contribution >= 4 is 0 Å². The zero-order chi connectivity index (χ0) is 13.5. The molecule has 0 amide bonds. The molecule has 4 atom stereocenters. The molecule has 18 heavy (non-hydrogen) atoms. The number of ether oxygens (including phenoxy) is 1. The van der Waals surface area contributed by atoms with Gasteiger partial charge in [0.2, 0.25) is 0 Å². The Morgan fingerprint density at radius 2 is 1.83 bits per heavy atom. The molecule has 1 fully saturated rings. The first-order valence-corrected chi connectivity index (χ1v) is 8.14. The summed E-state index contributed by atoms with van der Waals surface area (Å²) in [6.07, 6.45) is 7.03. The molecule has 0 aliphatic heterocycles. The second kappa shape index (κ2) is 8.19. The Balaban J connectivity index is 2.37. The van der Waals surface area contributed by atoms with E-state index in [0.717, 1.165) is 42.8 Å². The summed E-state index contributed by atoms with van der Waals surface area (Å²) in [5.41, 5.74) is 0. The maximum Gasteiger partial charge on any atom is 0.0499 e. The zero-order valence-corrected chi connectivity index (χ0v) is 13.2. The molecular weight excluding hydrogens is 220 g/mol. The maximum absolute atomic E-state index is 5.75. The minimum absolute atomic E-state index is 0.806. The van der Waals surface area contributed by atoms with Crippen molar-refractivity contribution in [3.63, 3.8) is 0 Å². The molecule has 0 saturated heterocycles. The smallest absolute Gasteiger partial charge is 0.0499 e. The van der Waals surface area contributed by atoms with Crippen molar-refractivity contribution in [1.82, 2.24) is 0 Å². The highest BCUT2D eigenvalue weighted by Crippen LogP contribution is 2.43. The maximum atomic E-state index is 5.75. The van der Waals surface area contributed by atoms with Gasteiger partial charge in [-0.3, -0.25) is 0 Å². The van der Waals surface area contributed by atoms with Gasteiger partial charge < -0.3 is 4.74 Å². The Kier molecular flexibility index (Phi) is 7.29. The largest absolute Gasteiger partial charge is 0.381 e. The summed E-state index contributed by atoms with van der Waals surface area (Å²) in [5.74, 6) is 4.36. The van der Waals surface area contributed by atoms with E-state index in [1.807, 2.05) is 0 Å². The molecule has 0 spiro atoms. The van der Waals surface area contributed by atoms with Gasteiger partial charge in [-0.15, -0.1) is 0 Å². The SMILES string of the molecule is CCOCC(C(C)CCCC(C)C)C1CCC1C. The van der Waals surface area contributed by atoms with Crippen LogP contribution in [-0.2, 0) is 4.74 Å². The minimum atomic E-state index is 0.806. The third-order valence-corrected chi connectivity index (χ3v) is 4.92. The summed E-state index contributed by atoms with van der Waals surface area (Å²) in [4.78, 5) is 0. The molecule has 1 aliphatic rings. The molecular formula is C17H34O. The average molecular weight is 254 g/mol. The number of hydrogen-bond donors (Lipinski definition) is 0. The summed E-state index contributed by atoms with van der Waals surface area (Å²) in [7, 11) is 0. The van der Waals surface area contributed by atoms with Crippen LogP contribution in [0.4, 0.5) is 0 Å². The van der Waals surface area contributed by atoms with E-state index in [4.69, 9.17) is 4.74 Å². The molecule has 1 rings (SSSR count). The second-order valence-electron chi connectivity index (χ2n) is 6.84. The lowest BCUT2D eigenvalue weighted by Gasteiger charge is -2.42. The number of rotatable bonds is 9. The Hall–Kier alpha value is -0.0400. The van der Waals surface area contributed by atoms with Gasteiger partial charge in [0.25, 0.3) is 0 Å². The van der Waals surface area contributed by atoms with Gasteiger partial charge in [-0.1, -0.05) is 53.4 Å². The third kappa shape index (κ3) is 4.91. The van der Waals surface area contributed by atoms with Crippen LogP contribution in [0.25, 0.3) is 0 Å². The van der Waals surface area contributed by atoms with Gasteiger partial charge in [-0.25, -0.2) is 0 Å². The summed E-state index contributed by atoms with van der Waals surface area (Å²) in [5, 5.41) is 0. The monoisotopic (exact) mass is 254 g/mol. The highest BCUT2D eigenvalue weighted by Gasteiger charge is 2.36. The van der Waals surface area contributed by atoms with E-state index in [9.17, 15) is 0 Å². The fourth-order valence-electron chi connectivity index (χ4n) is 3.35. The fraction of sp³-hybridized carbons (Fsp3) is 1.00. The van der Waals surface area contributed by atoms with Crippen LogP contribution in [-0.4, -0.2) is 13.2 Å². The quantitative estimate of drug-likeness (QED) is 0.553. The van der Waals surface area contributed by atoms with E-state index in [0.29, 0.717) is 0 Å². The molecule has 0 aromatic heterocycles. The first kappa shape index (κ1) is 16.0. The van der Waals surface area contributed by atoms with Gasteiger partial charge >= 0.3 is 0 Å². The Morgan fingerprint density at radius 1 is 1.11 bits per heavy atom. The van der Waals surface area contributed by atoms with Gasteiger partial charge in [0.15, 0.2) is 0 Å². The third-order valence-electron chi connectivity index (χ3n) is 4.92. The molecule has 108 valence electrons. The van der Waals surface area contributed by atoms with Crippen molar-refractivity contribution in [2.45, 2.75) is 66.7 Å². The van der Waals surface area contributed by atoms with E-state index in [1.165, 1.54) is 32.1 Å². The van der Waals surface area contributed by atoms with Gasteiger partial charge in [0, 0.05) is 13.2 Å². The van der Waals surface area contributed by atoms with Gasteiger partial charge in [-0.05, 0) is 42.9 Å². The van der Waals surface area contributed by atoms with Gasteiger partial charge in [-0.2, -0.15) is 0 Å². The Labute approximate surface area is 115 Å². The normalized spacial score (nSPS) is 27.0. The molecule has 1 nitrogen and oxygen atoms in total. The molecule has 1 saturated carbocycles. The van der Waals surface area contributed by atoms with E-state index < -0.39 is 0 Å². The van der Waals surface area contributed by atoms with Crippen LogP contribution >= 0.6 is 0 Å². The molecule has 4 unspecified atom stereocenters. The van der Waals surface area contributed by atoms with Crippen LogP contribution in [0, 0.1) is 29.6 Å². The van der Waals surface area contributed by atoms with Crippen molar-refractivity contribution in [2.75, 3.05) is 13.2 Å². The van der Waals surface area contributed by atoms with E-state index >= 15 is 0 Å². The Bertz CT molecular complexity index is 212. The molecule has 0 bridgehead atoms. The van der Waals surface area contributed by atoms with Crippen LogP contribution in [0.1, 0.15) is 66.7 Å². The highest BCUT2D eigenvalue weighted by molar-refractivity contribution is 4.85. The van der Waals surface area contributed by atoms with Crippen LogP contribution in [0.15, 0.2) is 0 Å². The predicted octanol–water partition coefficient (Wildman–Crippen LogP) is 5.15. The van der Waals surface area contributed by atoms with Gasteiger partial charge in [0.05, 0.1) is 0 Å². The Morgan fingerprint density at radius 3 is 2.28 bits per heavy atom. The molecule has 0 aromatic carbocycles. The van der Waals surface area contributed by atoms with E-state index in [1.54, 1.807) is 0 Å². The summed E-state index contributed by atoms with van der Waals surface area (Å²) in [6, 6.07) is 0. The standard InChI is InChI=1S/C17H34O/c1-6-18-12-17(16-11-10-15(16)5)14(4)9-7-8-13(2)3/h13-17H,6-12H2,1-5H3. The van der Waals surface area contributed by atoms with Crippen molar-refractivity contribution in [3.8, 4) is 0 Å². The average Bonchev–Trinajstić information content (AvgIpc) is 2.31. The minimum Gasteiger partial charge on any atom is -0.381 e. The molecule has 0 N–H and O–H groups in total. The molecule has 1 aliphatic carbocycles. The number of hydrogen-bond acceptors (Lipinski definition) is 1. The highest BCUT2D eigenvalue weighted by atomic mass is 16.5. The first-order valence-electron chi connectivity index (χ1n) is 8.14.